The van der Waals surface area contributed by atoms with Crippen molar-refractivity contribution >= 4 is 5.82 Å². The molecule has 0 aliphatic carbocycles. The van der Waals surface area contributed by atoms with Gasteiger partial charge in [-0.3, -0.25) is 0 Å². The minimum absolute atomic E-state index is 0.0859. The Labute approximate surface area is 119 Å². The molecule has 0 saturated heterocycles. The highest BCUT2D eigenvalue weighted by molar-refractivity contribution is 5.37. The van der Waals surface area contributed by atoms with E-state index in [0.29, 0.717) is 19.0 Å². The molecule has 0 radical (unpaired) electrons. The van der Waals surface area contributed by atoms with Crippen molar-refractivity contribution in [2.75, 3.05) is 12.3 Å². The van der Waals surface area contributed by atoms with Crippen LogP contribution in [0.3, 0.4) is 0 Å². The summed E-state index contributed by atoms with van der Waals surface area (Å²) in [5.74, 6) is 1.36. The van der Waals surface area contributed by atoms with Crippen molar-refractivity contribution in [3.63, 3.8) is 0 Å². The lowest BCUT2D eigenvalue weighted by Gasteiger charge is -2.20. The monoisotopic (exact) mass is 274 g/mol. The van der Waals surface area contributed by atoms with Gasteiger partial charge in [-0.25, -0.2) is 4.68 Å². The summed E-state index contributed by atoms with van der Waals surface area (Å²) in [6.45, 7) is 9.51. The average molecular weight is 274 g/mol. The van der Waals surface area contributed by atoms with E-state index in [1.807, 2.05) is 28.9 Å². The molecule has 0 bridgehead atoms. The third-order valence-electron chi connectivity index (χ3n) is 3.06. The number of hydrogen-bond acceptors (Lipinski definition) is 4. The number of benzene rings is 1. The summed E-state index contributed by atoms with van der Waals surface area (Å²) >= 11 is 0. The number of nitrogen functional groups attached to an aromatic ring is 1. The quantitative estimate of drug-likeness (QED) is 0.930. The van der Waals surface area contributed by atoms with Gasteiger partial charge < -0.3 is 10.5 Å². The fourth-order valence-electron chi connectivity index (χ4n) is 2.14. The molecule has 0 amide bonds. The molecule has 2 rings (SSSR count). The Morgan fingerprint density at radius 3 is 2.45 bits per heavy atom. The van der Waals surface area contributed by atoms with Gasteiger partial charge in [0.15, 0.2) is 5.82 Å². The van der Waals surface area contributed by atoms with Gasteiger partial charge in [0.2, 0.25) is 0 Å². The molecular weight excluding hydrogens is 252 g/mol. The summed E-state index contributed by atoms with van der Waals surface area (Å²) < 4.78 is 7.54. The smallest absolute Gasteiger partial charge is 0.169 e. The lowest BCUT2D eigenvalue weighted by atomic mass is 9.92. The van der Waals surface area contributed by atoms with Crippen LogP contribution in [0.1, 0.15) is 32.0 Å². The summed E-state index contributed by atoms with van der Waals surface area (Å²) in [6, 6.07) is 8.00. The normalized spacial score (nSPS) is 11.6. The van der Waals surface area contributed by atoms with E-state index in [4.69, 9.17) is 10.5 Å². The molecule has 1 aromatic carbocycles. The van der Waals surface area contributed by atoms with Crippen molar-refractivity contribution in [2.24, 2.45) is 0 Å². The van der Waals surface area contributed by atoms with Crippen LogP contribution in [0.25, 0.3) is 0 Å². The van der Waals surface area contributed by atoms with Gasteiger partial charge in [0.05, 0.1) is 12.2 Å². The summed E-state index contributed by atoms with van der Waals surface area (Å²) in [5, 5.41) is 8.04. The zero-order valence-corrected chi connectivity index (χ0v) is 12.6. The first-order chi connectivity index (χ1) is 9.38. The first-order valence-corrected chi connectivity index (χ1v) is 6.77. The molecule has 0 fully saturated rings. The van der Waals surface area contributed by atoms with Crippen molar-refractivity contribution in [1.29, 1.82) is 0 Å². The molecule has 0 atom stereocenters. The summed E-state index contributed by atoms with van der Waals surface area (Å²) in [7, 11) is 0. The van der Waals surface area contributed by atoms with Gasteiger partial charge in [0.1, 0.15) is 12.4 Å². The van der Waals surface area contributed by atoms with E-state index >= 15 is 0 Å². The number of rotatable bonds is 4. The van der Waals surface area contributed by atoms with Crippen LogP contribution < -0.4 is 10.5 Å². The molecular formula is C15H22N4O. The number of hydrogen-bond donors (Lipinski definition) is 1. The molecule has 2 aromatic rings. The zero-order chi connectivity index (χ0) is 14.8. The molecule has 0 aliphatic rings. The van der Waals surface area contributed by atoms with Crippen LogP contribution in [0.4, 0.5) is 5.82 Å². The Balaban J connectivity index is 2.00. The Bertz CT molecular complexity index is 567. The minimum Gasteiger partial charge on any atom is -0.492 e. The predicted molar refractivity (Wildman–Crippen MR) is 79.8 cm³/mol. The standard InChI is InChI=1S/C15H22N4O/c1-11-5-7-12(8-6-11)20-10-9-19-13(15(2,3)4)14(16)17-18-19/h5-8H,9-10,16H2,1-4H3. The number of aryl methyl sites for hydroxylation is 1. The highest BCUT2D eigenvalue weighted by Crippen LogP contribution is 2.25. The number of aromatic nitrogens is 3. The van der Waals surface area contributed by atoms with Gasteiger partial charge >= 0.3 is 0 Å². The third-order valence-corrected chi connectivity index (χ3v) is 3.06. The van der Waals surface area contributed by atoms with E-state index in [2.05, 4.69) is 38.0 Å². The maximum atomic E-state index is 5.89. The molecule has 0 unspecified atom stereocenters. The van der Waals surface area contributed by atoms with E-state index in [-0.39, 0.29) is 5.41 Å². The highest BCUT2D eigenvalue weighted by Gasteiger charge is 2.23. The molecule has 1 aromatic heterocycles. The van der Waals surface area contributed by atoms with Crippen LogP contribution in [0, 0.1) is 6.92 Å². The summed E-state index contributed by atoms with van der Waals surface area (Å²) in [5.41, 5.74) is 7.97. The molecule has 0 aliphatic heterocycles. The first kappa shape index (κ1) is 14.4. The molecule has 0 spiro atoms. The Hall–Kier alpha value is -2.04. The highest BCUT2D eigenvalue weighted by atomic mass is 16.5. The second kappa shape index (κ2) is 5.53. The van der Waals surface area contributed by atoms with E-state index < -0.39 is 0 Å². The first-order valence-electron chi connectivity index (χ1n) is 6.77. The number of nitrogens with zero attached hydrogens (tertiary/aromatic N) is 3. The van der Waals surface area contributed by atoms with Gasteiger partial charge in [0, 0.05) is 5.41 Å². The fraction of sp³-hybridized carbons (Fsp3) is 0.467. The lowest BCUT2D eigenvalue weighted by Crippen LogP contribution is -2.22. The van der Waals surface area contributed by atoms with Crippen LogP contribution >= 0.6 is 0 Å². The largest absolute Gasteiger partial charge is 0.492 e. The summed E-state index contributed by atoms with van der Waals surface area (Å²) in [6.07, 6.45) is 0. The molecule has 108 valence electrons. The minimum atomic E-state index is -0.0859. The van der Waals surface area contributed by atoms with Gasteiger partial charge in [-0.15, -0.1) is 5.10 Å². The Kier molecular flexibility index (Phi) is 3.97. The third kappa shape index (κ3) is 3.29. The molecule has 0 saturated carbocycles. The Morgan fingerprint density at radius 1 is 1.20 bits per heavy atom. The van der Waals surface area contributed by atoms with Gasteiger partial charge in [-0.1, -0.05) is 43.7 Å². The maximum absolute atomic E-state index is 5.89. The second-order valence-electron chi connectivity index (χ2n) is 5.96. The molecule has 2 N–H and O–H groups in total. The van der Waals surface area contributed by atoms with Crippen molar-refractivity contribution in [2.45, 2.75) is 39.7 Å². The SMILES string of the molecule is Cc1ccc(OCCn2nnc(N)c2C(C)(C)C)cc1. The van der Waals surface area contributed by atoms with Crippen LogP contribution in [-0.2, 0) is 12.0 Å². The van der Waals surface area contributed by atoms with Crippen LogP contribution in [0.15, 0.2) is 24.3 Å². The van der Waals surface area contributed by atoms with Crippen molar-refractivity contribution in [1.82, 2.24) is 15.0 Å². The van der Waals surface area contributed by atoms with Gasteiger partial charge in [-0.2, -0.15) is 0 Å². The van der Waals surface area contributed by atoms with Gasteiger partial charge in [-0.05, 0) is 19.1 Å². The Morgan fingerprint density at radius 2 is 1.85 bits per heavy atom. The number of anilines is 1. The molecule has 20 heavy (non-hydrogen) atoms. The molecule has 5 heteroatoms. The average Bonchev–Trinajstić information content (AvgIpc) is 2.73. The lowest BCUT2D eigenvalue weighted by molar-refractivity contribution is 0.283. The zero-order valence-electron chi connectivity index (χ0n) is 12.6. The predicted octanol–water partition coefficient (Wildman–Crippen LogP) is 2.55. The summed E-state index contributed by atoms with van der Waals surface area (Å²) in [4.78, 5) is 0. The molecule has 5 nitrogen and oxygen atoms in total. The van der Waals surface area contributed by atoms with Crippen LogP contribution in [-0.4, -0.2) is 21.6 Å². The maximum Gasteiger partial charge on any atom is 0.169 e. The second-order valence-corrected chi connectivity index (χ2v) is 5.96. The van der Waals surface area contributed by atoms with E-state index in [1.165, 1.54) is 5.56 Å². The number of nitrogens with two attached hydrogens (primary N) is 1. The van der Waals surface area contributed by atoms with Gasteiger partial charge in [0.25, 0.3) is 0 Å². The van der Waals surface area contributed by atoms with E-state index in [9.17, 15) is 0 Å². The topological polar surface area (TPSA) is 66.0 Å². The fourth-order valence-corrected chi connectivity index (χ4v) is 2.14. The number of ether oxygens (including phenoxy) is 1. The van der Waals surface area contributed by atoms with Crippen molar-refractivity contribution in [3.05, 3.63) is 35.5 Å². The van der Waals surface area contributed by atoms with Crippen molar-refractivity contribution < 1.29 is 4.74 Å². The van der Waals surface area contributed by atoms with Crippen LogP contribution in [0.5, 0.6) is 5.75 Å². The van der Waals surface area contributed by atoms with Crippen molar-refractivity contribution in [3.8, 4) is 5.75 Å². The van der Waals surface area contributed by atoms with E-state index in [0.717, 1.165) is 11.4 Å². The van der Waals surface area contributed by atoms with E-state index in [1.54, 1.807) is 0 Å². The molecule has 1 heterocycles. The van der Waals surface area contributed by atoms with Crippen LogP contribution in [0.2, 0.25) is 0 Å².